The van der Waals surface area contributed by atoms with Crippen LogP contribution in [0.1, 0.15) is 53.3 Å². The van der Waals surface area contributed by atoms with Gasteiger partial charge >= 0.3 is 0 Å². The molecule has 8 nitrogen and oxygen atoms in total. The Kier molecular flexibility index (Phi) is 9.90. The van der Waals surface area contributed by atoms with E-state index in [1.165, 1.54) is 6.42 Å². The number of allylic oxidation sites excluding steroid dienone is 1. The minimum atomic E-state index is -0.207. The molecule has 0 radical (unpaired) electrons. The number of thiophene rings is 1. The van der Waals surface area contributed by atoms with Gasteiger partial charge in [-0.25, -0.2) is 0 Å². The van der Waals surface area contributed by atoms with E-state index in [9.17, 15) is 10.1 Å². The van der Waals surface area contributed by atoms with Crippen molar-refractivity contribution in [2.24, 2.45) is 15.9 Å². The lowest BCUT2D eigenvalue weighted by Gasteiger charge is -2.33. The van der Waals surface area contributed by atoms with Gasteiger partial charge in [-0.05, 0) is 67.8 Å². The molecule has 2 aliphatic rings. The van der Waals surface area contributed by atoms with E-state index in [1.807, 2.05) is 37.3 Å². The Labute approximate surface area is 235 Å². The van der Waals surface area contributed by atoms with Crippen LogP contribution in [0.2, 0.25) is 0 Å². The van der Waals surface area contributed by atoms with Crippen LogP contribution in [0, 0.1) is 17.2 Å². The molecule has 1 saturated heterocycles. The Hall–Kier alpha value is -3.48. The number of nitrogens with one attached hydrogen (secondary N) is 3. The number of fused-ring (bicyclic) bond motifs is 1. The van der Waals surface area contributed by atoms with Crippen molar-refractivity contribution < 1.29 is 4.79 Å². The summed E-state index contributed by atoms with van der Waals surface area (Å²) in [5.41, 5.74) is 5.75. The number of carbonyl (C=O) groups excluding carboxylic acids is 1. The zero-order chi connectivity index (χ0) is 27.8. The monoisotopic (exact) mass is 545 g/mol. The number of nitriles is 1. The summed E-state index contributed by atoms with van der Waals surface area (Å²) in [6.45, 7) is 8.87. The van der Waals surface area contributed by atoms with Crippen molar-refractivity contribution in [1.82, 2.24) is 10.2 Å². The fraction of sp³-hybridized carbons (Fsp3) is 0.467. The summed E-state index contributed by atoms with van der Waals surface area (Å²) >= 11 is 1.61. The molecular weight excluding hydrogens is 506 g/mol. The van der Waals surface area contributed by atoms with Crippen LogP contribution < -0.4 is 16.0 Å². The highest BCUT2D eigenvalue weighted by Gasteiger charge is 2.32. The number of hydrogen-bond donors (Lipinski definition) is 3. The van der Waals surface area contributed by atoms with Crippen molar-refractivity contribution in [3.63, 3.8) is 0 Å². The molecule has 0 bridgehead atoms. The lowest BCUT2D eigenvalue weighted by Crippen LogP contribution is -2.45. The van der Waals surface area contributed by atoms with Gasteiger partial charge in [0.15, 0.2) is 0 Å². The second-order valence-electron chi connectivity index (χ2n) is 10.1. The number of benzene rings is 1. The summed E-state index contributed by atoms with van der Waals surface area (Å²) in [5.74, 6) is 0.951. The quantitative estimate of drug-likeness (QED) is 0.355. The first-order chi connectivity index (χ1) is 19.0. The largest absolute Gasteiger partial charge is 0.379 e. The number of hydrogen-bond acceptors (Lipinski definition) is 8. The van der Waals surface area contributed by atoms with E-state index >= 15 is 0 Å². The number of anilines is 2. The van der Waals surface area contributed by atoms with Crippen molar-refractivity contribution in [3.05, 3.63) is 51.5 Å². The second kappa shape index (κ2) is 13.5. The molecule has 0 aliphatic carbocycles. The van der Waals surface area contributed by atoms with E-state index < -0.39 is 0 Å². The molecule has 1 aromatic carbocycles. The number of carbonyl (C=O) groups is 1. The van der Waals surface area contributed by atoms with Gasteiger partial charge in [-0.2, -0.15) is 5.26 Å². The SMILES string of the molecule is C=N/C=C(\C=NCCc1c(CNC)sc(NC)c1C#N)c1ccc2c(c1)CC(C(=O)N1CCC(CC)CC1)N2. The number of amides is 1. The predicted octanol–water partition coefficient (Wildman–Crippen LogP) is 4.72. The number of aliphatic imine (C=N–C) groups is 2. The molecule has 1 aromatic heterocycles. The molecule has 206 valence electrons. The molecule has 39 heavy (non-hydrogen) atoms. The van der Waals surface area contributed by atoms with Gasteiger partial charge < -0.3 is 20.9 Å². The first-order valence-corrected chi connectivity index (χ1v) is 14.6. The van der Waals surface area contributed by atoms with Gasteiger partial charge in [-0.3, -0.25) is 14.8 Å². The van der Waals surface area contributed by atoms with Gasteiger partial charge in [-0.15, -0.1) is 11.3 Å². The van der Waals surface area contributed by atoms with Crippen molar-refractivity contribution in [1.29, 1.82) is 5.26 Å². The van der Waals surface area contributed by atoms with Crippen LogP contribution in [-0.2, 0) is 24.2 Å². The normalized spacial score (nSPS) is 17.6. The van der Waals surface area contributed by atoms with Crippen LogP contribution in [0.4, 0.5) is 10.7 Å². The average Bonchev–Trinajstić information content (AvgIpc) is 3.55. The van der Waals surface area contributed by atoms with E-state index in [2.05, 4.69) is 51.7 Å². The Morgan fingerprint density at radius 2 is 2.13 bits per heavy atom. The minimum absolute atomic E-state index is 0.205. The summed E-state index contributed by atoms with van der Waals surface area (Å²) < 4.78 is 0. The van der Waals surface area contributed by atoms with Gasteiger partial charge in [0, 0.05) is 68.2 Å². The van der Waals surface area contributed by atoms with Crippen LogP contribution >= 0.6 is 11.3 Å². The molecule has 1 amide bonds. The molecule has 0 saturated carbocycles. The minimum Gasteiger partial charge on any atom is -0.379 e. The second-order valence-corrected chi connectivity index (χ2v) is 11.2. The van der Waals surface area contributed by atoms with Crippen LogP contribution in [0.3, 0.4) is 0 Å². The molecule has 2 aliphatic heterocycles. The molecule has 9 heteroatoms. The molecule has 1 unspecified atom stereocenters. The van der Waals surface area contributed by atoms with Gasteiger partial charge in [0.2, 0.25) is 5.91 Å². The fourth-order valence-corrected chi connectivity index (χ4v) is 6.63. The van der Waals surface area contributed by atoms with Crippen molar-refractivity contribution >= 4 is 46.4 Å². The molecule has 2 aromatic rings. The third-order valence-corrected chi connectivity index (χ3v) is 8.96. The number of rotatable bonds is 11. The highest BCUT2D eigenvalue weighted by molar-refractivity contribution is 7.16. The number of nitrogens with zero attached hydrogens (tertiary/aromatic N) is 4. The zero-order valence-electron chi connectivity index (χ0n) is 23.2. The standard InChI is InChI=1S/C30H39N7OS/c1-5-20-9-12-37(13-10-20)30(38)27-15-22-14-21(6-7-26(22)36-27)23(17-32-2)18-35-11-8-24-25(16-31)29(34-4)39-28(24)19-33-3/h6-7,14,17-18,20,27,33-34,36H,2,5,8-13,15,19H2,1,3-4H3/b23-17+,35-18?. The summed E-state index contributed by atoms with van der Waals surface area (Å²) in [6.07, 6.45) is 8.30. The highest BCUT2D eigenvalue weighted by Crippen LogP contribution is 2.33. The van der Waals surface area contributed by atoms with Crippen LogP contribution in [-0.4, -0.2) is 63.5 Å². The lowest BCUT2D eigenvalue weighted by molar-refractivity contribution is -0.133. The van der Waals surface area contributed by atoms with E-state index in [0.29, 0.717) is 24.9 Å². The Morgan fingerprint density at radius 1 is 1.33 bits per heavy atom. The summed E-state index contributed by atoms with van der Waals surface area (Å²) in [4.78, 5) is 25.1. The zero-order valence-corrected chi connectivity index (χ0v) is 24.0. The number of piperidine rings is 1. The third-order valence-electron chi connectivity index (χ3n) is 7.71. The van der Waals surface area contributed by atoms with Gasteiger partial charge in [0.25, 0.3) is 0 Å². The van der Waals surface area contributed by atoms with E-state index in [-0.39, 0.29) is 11.9 Å². The highest BCUT2D eigenvalue weighted by atomic mass is 32.1. The molecule has 4 rings (SSSR count). The Morgan fingerprint density at radius 3 is 2.79 bits per heavy atom. The van der Waals surface area contributed by atoms with Gasteiger partial charge in [-0.1, -0.05) is 19.4 Å². The maximum absolute atomic E-state index is 13.2. The van der Waals surface area contributed by atoms with Crippen molar-refractivity contribution in [2.45, 2.75) is 51.6 Å². The smallest absolute Gasteiger partial charge is 0.245 e. The fourth-order valence-electron chi connectivity index (χ4n) is 5.47. The molecule has 3 heterocycles. The molecule has 0 spiro atoms. The Bertz CT molecular complexity index is 1280. The molecule has 3 N–H and O–H groups in total. The van der Waals surface area contributed by atoms with E-state index in [4.69, 9.17) is 0 Å². The maximum Gasteiger partial charge on any atom is 0.245 e. The van der Waals surface area contributed by atoms with Crippen LogP contribution in [0.5, 0.6) is 0 Å². The first-order valence-electron chi connectivity index (χ1n) is 13.7. The van der Waals surface area contributed by atoms with Crippen molar-refractivity contribution in [2.75, 3.05) is 44.4 Å². The van der Waals surface area contributed by atoms with Gasteiger partial charge in [0.1, 0.15) is 17.1 Å². The molecule has 1 atom stereocenters. The number of likely N-dealkylation sites (tertiary alicyclic amines) is 1. The molecular formula is C30H39N7OS. The Balaban J connectivity index is 1.42. The lowest BCUT2D eigenvalue weighted by atomic mass is 9.94. The van der Waals surface area contributed by atoms with Crippen LogP contribution in [0.25, 0.3) is 5.57 Å². The summed E-state index contributed by atoms with van der Waals surface area (Å²) in [5, 5.41) is 20.4. The summed E-state index contributed by atoms with van der Waals surface area (Å²) in [7, 11) is 3.75. The predicted molar refractivity (Wildman–Crippen MR) is 163 cm³/mol. The third kappa shape index (κ3) is 6.57. The average molecular weight is 546 g/mol. The summed E-state index contributed by atoms with van der Waals surface area (Å²) in [6, 6.07) is 8.34. The van der Waals surface area contributed by atoms with Crippen molar-refractivity contribution in [3.8, 4) is 6.07 Å². The van der Waals surface area contributed by atoms with Crippen LogP contribution in [0.15, 0.2) is 34.4 Å². The van der Waals surface area contributed by atoms with E-state index in [0.717, 1.165) is 76.2 Å². The van der Waals surface area contributed by atoms with Gasteiger partial charge in [0.05, 0.1) is 5.56 Å². The first kappa shape index (κ1) is 28.5. The van der Waals surface area contributed by atoms with E-state index in [1.54, 1.807) is 17.5 Å². The maximum atomic E-state index is 13.2. The molecule has 1 fully saturated rings. The topological polar surface area (TPSA) is 105 Å².